The third-order valence-corrected chi connectivity index (χ3v) is 3.15. The number of thioether (sulfide) groups is 1. The van der Waals surface area contributed by atoms with Gasteiger partial charge >= 0.3 is 0 Å². The van der Waals surface area contributed by atoms with Crippen LogP contribution in [0.25, 0.3) is 11.3 Å². The van der Waals surface area contributed by atoms with Crippen molar-refractivity contribution in [2.75, 3.05) is 12.9 Å². The predicted octanol–water partition coefficient (Wildman–Crippen LogP) is 2.88. The van der Waals surface area contributed by atoms with Crippen molar-refractivity contribution in [3.05, 3.63) is 36.4 Å². The van der Waals surface area contributed by atoms with Crippen LogP contribution in [-0.2, 0) is 0 Å². The van der Waals surface area contributed by atoms with E-state index >= 15 is 0 Å². The molecule has 1 aromatic carbocycles. The lowest BCUT2D eigenvalue weighted by molar-refractivity contribution is 0.415. The maximum absolute atomic E-state index is 5.19. The fraction of sp³-hybridized carbons (Fsp3) is 0.143. The summed E-state index contributed by atoms with van der Waals surface area (Å²) in [4.78, 5) is 0. The molecular weight excluding hydrogens is 244 g/mol. The number of methoxy groups -OCH3 is 1. The van der Waals surface area contributed by atoms with Crippen LogP contribution >= 0.6 is 11.8 Å². The highest BCUT2D eigenvalue weighted by atomic mass is 32.2. The molecule has 3 nitrogen and oxygen atoms in total. The second-order valence-electron chi connectivity index (χ2n) is 3.48. The second-order valence-corrected chi connectivity index (χ2v) is 4.47. The number of benzene rings is 1. The van der Waals surface area contributed by atoms with Gasteiger partial charge < -0.3 is 4.74 Å². The largest absolute Gasteiger partial charge is 0.497 e. The Labute approximate surface area is 111 Å². The van der Waals surface area contributed by atoms with Gasteiger partial charge in [-0.05, 0) is 36.4 Å². The third kappa shape index (κ3) is 3.02. The monoisotopic (exact) mass is 256 g/mol. The first-order valence-corrected chi connectivity index (χ1v) is 6.36. The van der Waals surface area contributed by atoms with Gasteiger partial charge in [-0.3, -0.25) is 0 Å². The number of hydrogen-bond acceptors (Lipinski definition) is 4. The fourth-order valence-corrected chi connectivity index (χ4v) is 1.92. The summed E-state index contributed by atoms with van der Waals surface area (Å²) < 4.78 is 5.11. The second kappa shape index (κ2) is 6.08. The maximum atomic E-state index is 5.19. The van der Waals surface area contributed by atoms with Crippen LogP contribution in [0.15, 0.2) is 41.4 Å². The van der Waals surface area contributed by atoms with Gasteiger partial charge in [0, 0.05) is 5.56 Å². The first-order valence-electron chi connectivity index (χ1n) is 5.38. The number of ether oxygens (including phenoxy) is 1. The lowest BCUT2D eigenvalue weighted by Gasteiger charge is -2.03. The molecule has 90 valence electrons. The quantitative estimate of drug-likeness (QED) is 0.622. The molecule has 0 aliphatic rings. The number of aromatic nitrogens is 2. The van der Waals surface area contributed by atoms with E-state index in [0.29, 0.717) is 5.75 Å². The van der Waals surface area contributed by atoms with Gasteiger partial charge in [0.25, 0.3) is 0 Å². The molecule has 1 heterocycles. The summed E-state index contributed by atoms with van der Waals surface area (Å²) in [5, 5.41) is 9.14. The van der Waals surface area contributed by atoms with E-state index in [9.17, 15) is 0 Å². The molecule has 1 aromatic heterocycles. The van der Waals surface area contributed by atoms with E-state index in [2.05, 4.69) is 16.1 Å². The summed E-state index contributed by atoms with van der Waals surface area (Å²) in [7, 11) is 1.65. The van der Waals surface area contributed by atoms with Crippen LogP contribution in [0.3, 0.4) is 0 Å². The van der Waals surface area contributed by atoms with E-state index in [1.165, 1.54) is 11.8 Å². The average molecular weight is 256 g/mol. The van der Waals surface area contributed by atoms with Gasteiger partial charge in [0.15, 0.2) is 0 Å². The molecule has 2 rings (SSSR count). The molecular formula is C14H12N2OS. The highest BCUT2D eigenvalue weighted by molar-refractivity contribution is 7.99. The van der Waals surface area contributed by atoms with E-state index in [1.54, 1.807) is 7.11 Å². The van der Waals surface area contributed by atoms with Crippen LogP contribution in [0.4, 0.5) is 0 Å². The zero-order chi connectivity index (χ0) is 12.8. The molecule has 0 bridgehead atoms. The van der Waals surface area contributed by atoms with E-state index in [0.717, 1.165) is 22.0 Å². The minimum atomic E-state index is 0.608. The van der Waals surface area contributed by atoms with E-state index < -0.39 is 0 Å². The fourth-order valence-electron chi connectivity index (χ4n) is 1.43. The van der Waals surface area contributed by atoms with E-state index in [-0.39, 0.29) is 0 Å². The molecule has 18 heavy (non-hydrogen) atoms. The molecule has 0 radical (unpaired) electrons. The van der Waals surface area contributed by atoms with Gasteiger partial charge in [-0.2, -0.15) is 0 Å². The van der Waals surface area contributed by atoms with Crippen molar-refractivity contribution < 1.29 is 4.74 Å². The molecule has 2 aromatic rings. The molecule has 0 saturated carbocycles. The van der Waals surface area contributed by atoms with Crippen molar-refractivity contribution in [2.45, 2.75) is 5.03 Å². The van der Waals surface area contributed by atoms with Gasteiger partial charge in [-0.15, -0.1) is 16.6 Å². The Morgan fingerprint density at radius 1 is 1.17 bits per heavy atom. The number of nitrogens with zero attached hydrogens (tertiary/aromatic N) is 2. The van der Waals surface area contributed by atoms with Gasteiger partial charge in [-0.25, -0.2) is 0 Å². The molecule has 0 spiro atoms. The molecule has 0 amide bonds. The third-order valence-electron chi connectivity index (χ3n) is 2.33. The maximum Gasteiger partial charge on any atom is 0.120 e. The minimum Gasteiger partial charge on any atom is -0.497 e. The first-order chi connectivity index (χ1) is 8.83. The highest BCUT2D eigenvalue weighted by Gasteiger charge is 2.01. The molecule has 0 fully saturated rings. The lowest BCUT2D eigenvalue weighted by atomic mass is 10.1. The van der Waals surface area contributed by atoms with Crippen LogP contribution in [0.5, 0.6) is 5.75 Å². The normalized spacial score (nSPS) is 9.78. The van der Waals surface area contributed by atoms with Crippen LogP contribution in [0.2, 0.25) is 0 Å². The Kier molecular flexibility index (Phi) is 4.21. The van der Waals surface area contributed by atoms with Gasteiger partial charge in [-0.1, -0.05) is 17.7 Å². The minimum absolute atomic E-state index is 0.608. The zero-order valence-corrected chi connectivity index (χ0v) is 10.8. The van der Waals surface area contributed by atoms with Crippen molar-refractivity contribution in [1.82, 2.24) is 10.2 Å². The van der Waals surface area contributed by atoms with Crippen LogP contribution in [-0.4, -0.2) is 23.1 Å². The lowest BCUT2D eigenvalue weighted by Crippen LogP contribution is -1.90. The Bertz CT molecular complexity index is 544. The zero-order valence-electron chi connectivity index (χ0n) is 9.96. The van der Waals surface area contributed by atoms with Crippen molar-refractivity contribution in [3.8, 4) is 29.4 Å². The Hall–Kier alpha value is -1.99. The Morgan fingerprint density at radius 3 is 2.50 bits per heavy atom. The molecule has 0 aliphatic carbocycles. The van der Waals surface area contributed by atoms with E-state index in [4.69, 9.17) is 11.2 Å². The van der Waals surface area contributed by atoms with Crippen molar-refractivity contribution in [1.29, 1.82) is 0 Å². The molecule has 0 saturated heterocycles. The van der Waals surface area contributed by atoms with Crippen molar-refractivity contribution in [3.63, 3.8) is 0 Å². The summed E-state index contributed by atoms with van der Waals surface area (Å²) in [5.41, 5.74) is 1.85. The average Bonchev–Trinajstić information content (AvgIpc) is 2.46. The summed E-state index contributed by atoms with van der Waals surface area (Å²) in [6.07, 6.45) is 5.19. The smallest absolute Gasteiger partial charge is 0.120 e. The standard InChI is InChI=1S/C14H12N2OS/c1-3-10-18-14-9-8-13(15-16-14)11-4-6-12(17-2)7-5-11/h1,4-9H,10H2,2H3. The number of hydrogen-bond donors (Lipinski definition) is 0. The SMILES string of the molecule is C#CCSc1ccc(-c2ccc(OC)cc2)nn1. The molecule has 0 aliphatic heterocycles. The Morgan fingerprint density at radius 2 is 1.94 bits per heavy atom. The van der Waals surface area contributed by atoms with Crippen LogP contribution in [0, 0.1) is 12.3 Å². The summed E-state index contributed by atoms with van der Waals surface area (Å²) in [6, 6.07) is 11.6. The first kappa shape index (κ1) is 12.5. The molecule has 4 heteroatoms. The van der Waals surface area contributed by atoms with Crippen LogP contribution in [0.1, 0.15) is 0 Å². The molecule has 0 N–H and O–H groups in total. The van der Waals surface area contributed by atoms with Gasteiger partial charge in [0.05, 0.1) is 18.6 Å². The summed E-state index contributed by atoms with van der Waals surface area (Å²) in [6.45, 7) is 0. The van der Waals surface area contributed by atoms with E-state index in [1.807, 2.05) is 36.4 Å². The molecule has 0 unspecified atom stereocenters. The van der Waals surface area contributed by atoms with Crippen molar-refractivity contribution >= 4 is 11.8 Å². The summed E-state index contributed by atoms with van der Waals surface area (Å²) in [5.74, 6) is 3.99. The van der Waals surface area contributed by atoms with Crippen LogP contribution < -0.4 is 4.74 Å². The van der Waals surface area contributed by atoms with Crippen molar-refractivity contribution in [2.24, 2.45) is 0 Å². The predicted molar refractivity (Wildman–Crippen MR) is 73.6 cm³/mol. The number of terminal acetylenes is 1. The Balaban J connectivity index is 2.15. The topological polar surface area (TPSA) is 35.0 Å². The summed E-state index contributed by atoms with van der Waals surface area (Å²) >= 11 is 1.50. The van der Waals surface area contributed by atoms with Gasteiger partial charge in [0.1, 0.15) is 10.8 Å². The molecule has 0 atom stereocenters. The van der Waals surface area contributed by atoms with Gasteiger partial charge in [0.2, 0.25) is 0 Å². The number of rotatable bonds is 4. The highest BCUT2D eigenvalue weighted by Crippen LogP contribution is 2.21.